The number of aromatic nitrogens is 1. The Morgan fingerprint density at radius 1 is 1.43 bits per heavy atom. The maximum atomic E-state index is 12.8. The van der Waals surface area contributed by atoms with Crippen molar-refractivity contribution in [2.75, 3.05) is 17.6 Å². The molecule has 7 heteroatoms. The molecule has 1 aromatic carbocycles. The molecule has 6 nitrogen and oxygen atoms in total. The van der Waals surface area contributed by atoms with E-state index in [-0.39, 0.29) is 11.8 Å². The van der Waals surface area contributed by atoms with E-state index in [1.807, 2.05) is 13.0 Å². The van der Waals surface area contributed by atoms with Gasteiger partial charge in [0.2, 0.25) is 5.91 Å². The summed E-state index contributed by atoms with van der Waals surface area (Å²) in [5.41, 5.74) is 7.75. The zero-order chi connectivity index (χ0) is 16.4. The van der Waals surface area contributed by atoms with Crippen molar-refractivity contribution in [1.82, 2.24) is 9.88 Å². The summed E-state index contributed by atoms with van der Waals surface area (Å²) < 4.78 is 0. The SMILES string of the molecule is Cc1ccc(N)cc1C(=O)N1CCCC1C(=O)Nc1nccs1. The average Bonchev–Trinajstić information content (AvgIpc) is 3.20. The second kappa shape index (κ2) is 6.37. The summed E-state index contributed by atoms with van der Waals surface area (Å²) in [6.07, 6.45) is 3.10. The zero-order valence-corrected chi connectivity index (χ0v) is 13.6. The lowest BCUT2D eigenvalue weighted by Gasteiger charge is -2.24. The molecule has 0 aliphatic carbocycles. The van der Waals surface area contributed by atoms with Crippen LogP contribution in [0.25, 0.3) is 0 Å². The van der Waals surface area contributed by atoms with E-state index in [0.717, 1.165) is 12.0 Å². The van der Waals surface area contributed by atoms with Gasteiger partial charge in [0, 0.05) is 29.4 Å². The monoisotopic (exact) mass is 330 g/mol. The fourth-order valence-electron chi connectivity index (χ4n) is 2.78. The first-order valence-corrected chi connectivity index (χ1v) is 8.31. The smallest absolute Gasteiger partial charge is 0.254 e. The van der Waals surface area contributed by atoms with Crippen molar-refractivity contribution in [3.63, 3.8) is 0 Å². The number of amides is 2. The van der Waals surface area contributed by atoms with Crippen LogP contribution in [0.3, 0.4) is 0 Å². The number of anilines is 2. The number of likely N-dealkylation sites (tertiary alicyclic amines) is 1. The molecule has 1 atom stereocenters. The third-order valence-corrected chi connectivity index (χ3v) is 4.66. The molecular weight excluding hydrogens is 312 g/mol. The molecule has 3 rings (SSSR count). The minimum absolute atomic E-state index is 0.147. The summed E-state index contributed by atoms with van der Waals surface area (Å²) >= 11 is 1.36. The maximum Gasteiger partial charge on any atom is 0.254 e. The van der Waals surface area contributed by atoms with Crippen molar-refractivity contribution in [3.8, 4) is 0 Å². The number of carbonyl (C=O) groups excluding carboxylic acids is 2. The minimum Gasteiger partial charge on any atom is -0.399 e. The number of nitrogens with two attached hydrogens (primary N) is 1. The molecule has 2 heterocycles. The minimum atomic E-state index is -0.466. The molecule has 3 N–H and O–H groups in total. The van der Waals surface area contributed by atoms with E-state index in [9.17, 15) is 9.59 Å². The van der Waals surface area contributed by atoms with Crippen LogP contribution in [0.5, 0.6) is 0 Å². The van der Waals surface area contributed by atoms with Gasteiger partial charge in [-0.2, -0.15) is 0 Å². The van der Waals surface area contributed by atoms with Crippen molar-refractivity contribution < 1.29 is 9.59 Å². The normalized spacial score (nSPS) is 17.3. The molecule has 2 amide bonds. The van der Waals surface area contributed by atoms with Crippen LogP contribution in [-0.4, -0.2) is 34.3 Å². The van der Waals surface area contributed by atoms with Gasteiger partial charge in [0.15, 0.2) is 5.13 Å². The Bertz CT molecular complexity index is 730. The lowest BCUT2D eigenvalue weighted by molar-refractivity contribution is -0.119. The first kappa shape index (κ1) is 15.5. The molecular formula is C16H18N4O2S. The standard InChI is InChI=1S/C16H18N4O2S/c1-10-4-5-11(17)9-12(10)15(22)20-7-2-3-13(20)14(21)19-16-18-6-8-23-16/h4-6,8-9,13H,2-3,7,17H2,1H3,(H,18,19,21). The molecule has 1 fully saturated rings. The summed E-state index contributed by atoms with van der Waals surface area (Å²) in [4.78, 5) is 30.9. The predicted octanol–water partition coefficient (Wildman–Crippen LogP) is 2.28. The van der Waals surface area contributed by atoms with Gasteiger partial charge < -0.3 is 16.0 Å². The van der Waals surface area contributed by atoms with E-state index in [4.69, 9.17) is 5.73 Å². The Kier molecular flexibility index (Phi) is 4.29. The molecule has 1 saturated heterocycles. The third-order valence-electron chi connectivity index (χ3n) is 3.97. The highest BCUT2D eigenvalue weighted by molar-refractivity contribution is 7.13. The van der Waals surface area contributed by atoms with Crippen molar-refractivity contribution >= 4 is 34.0 Å². The van der Waals surface area contributed by atoms with Crippen LogP contribution in [0.4, 0.5) is 10.8 Å². The second-order valence-corrected chi connectivity index (χ2v) is 6.45. The van der Waals surface area contributed by atoms with Gasteiger partial charge in [-0.3, -0.25) is 9.59 Å². The quantitative estimate of drug-likeness (QED) is 0.845. The van der Waals surface area contributed by atoms with Gasteiger partial charge >= 0.3 is 0 Å². The fraction of sp³-hybridized carbons (Fsp3) is 0.312. The number of thiazole rings is 1. The number of hydrogen-bond acceptors (Lipinski definition) is 5. The molecule has 1 aliphatic heterocycles. The van der Waals surface area contributed by atoms with Gasteiger partial charge in [-0.1, -0.05) is 6.07 Å². The van der Waals surface area contributed by atoms with E-state index < -0.39 is 6.04 Å². The van der Waals surface area contributed by atoms with Gasteiger partial charge in [-0.05, 0) is 37.5 Å². The van der Waals surface area contributed by atoms with E-state index in [0.29, 0.717) is 29.3 Å². The van der Waals surface area contributed by atoms with Gasteiger partial charge in [-0.25, -0.2) is 4.98 Å². The van der Waals surface area contributed by atoms with E-state index >= 15 is 0 Å². The second-order valence-electron chi connectivity index (χ2n) is 5.56. The highest BCUT2D eigenvalue weighted by atomic mass is 32.1. The first-order chi connectivity index (χ1) is 11.1. The molecule has 0 radical (unpaired) electrons. The summed E-state index contributed by atoms with van der Waals surface area (Å²) in [6.45, 7) is 2.44. The Hall–Kier alpha value is -2.41. The molecule has 0 spiro atoms. The largest absolute Gasteiger partial charge is 0.399 e. The molecule has 120 valence electrons. The molecule has 0 bridgehead atoms. The van der Waals surface area contributed by atoms with E-state index in [2.05, 4.69) is 10.3 Å². The van der Waals surface area contributed by atoms with Gasteiger partial charge in [0.1, 0.15) is 6.04 Å². The van der Waals surface area contributed by atoms with Gasteiger partial charge in [0.05, 0.1) is 0 Å². The first-order valence-electron chi connectivity index (χ1n) is 7.43. The topological polar surface area (TPSA) is 88.3 Å². The fourth-order valence-corrected chi connectivity index (χ4v) is 3.31. The molecule has 2 aromatic rings. The van der Waals surface area contributed by atoms with E-state index in [1.54, 1.807) is 28.6 Å². The Balaban J connectivity index is 1.79. The van der Waals surface area contributed by atoms with Crippen LogP contribution in [-0.2, 0) is 4.79 Å². The molecule has 1 unspecified atom stereocenters. The Morgan fingerprint density at radius 3 is 3.00 bits per heavy atom. The highest BCUT2D eigenvalue weighted by Crippen LogP contribution is 2.24. The third kappa shape index (κ3) is 3.19. The lowest BCUT2D eigenvalue weighted by atomic mass is 10.1. The zero-order valence-electron chi connectivity index (χ0n) is 12.8. The summed E-state index contributed by atoms with van der Waals surface area (Å²) in [5, 5.41) is 5.12. The van der Waals surface area contributed by atoms with Crippen LogP contribution in [0.1, 0.15) is 28.8 Å². The molecule has 1 aromatic heterocycles. The number of rotatable bonds is 3. The van der Waals surface area contributed by atoms with E-state index in [1.165, 1.54) is 11.3 Å². The number of nitrogen functional groups attached to an aromatic ring is 1. The maximum absolute atomic E-state index is 12.8. The van der Waals surface area contributed by atoms with Crippen molar-refractivity contribution in [3.05, 3.63) is 40.9 Å². The summed E-state index contributed by atoms with van der Waals surface area (Å²) in [6, 6.07) is 4.80. The molecule has 1 aliphatic rings. The Morgan fingerprint density at radius 2 is 2.26 bits per heavy atom. The lowest BCUT2D eigenvalue weighted by Crippen LogP contribution is -2.43. The average molecular weight is 330 g/mol. The van der Waals surface area contributed by atoms with Crippen LogP contribution >= 0.6 is 11.3 Å². The van der Waals surface area contributed by atoms with Crippen LogP contribution in [0.15, 0.2) is 29.8 Å². The molecule has 23 heavy (non-hydrogen) atoms. The van der Waals surface area contributed by atoms with Crippen molar-refractivity contribution in [2.24, 2.45) is 0 Å². The molecule has 0 saturated carbocycles. The van der Waals surface area contributed by atoms with Crippen molar-refractivity contribution in [2.45, 2.75) is 25.8 Å². The number of hydrogen-bond donors (Lipinski definition) is 2. The van der Waals surface area contributed by atoms with Crippen molar-refractivity contribution in [1.29, 1.82) is 0 Å². The predicted molar refractivity (Wildman–Crippen MR) is 90.4 cm³/mol. The number of aryl methyl sites for hydroxylation is 1. The van der Waals surface area contributed by atoms with Crippen LogP contribution < -0.4 is 11.1 Å². The number of nitrogens with one attached hydrogen (secondary N) is 1. The number of benzene rings is 1. The van der Waals surface area contributed by atoms with Crippen LogP contribution in [0, 0.1) is 6.92 Å². The van der Waals surface area contributed by atoms with Gasteiger partial charge in [-0.15, -0.1) is 11.3 Å². The Labute approximate surface area is 138 Å². The summed E-state index contributed by atoms with van der Waals surface area (Å²) in [5.74, 6) is -0.334. The summed E-state index contributed by atoms with van der Waals surface area (Å²) in [7, 11) is 0. The van der Waals surface area contributed by atoms with Gasteiger partial charge in [0.25, 0.3) is 5.91 Å². The number of nitrogens with zero attached hydrogens (tertiary/aromatic N) is 2. The highest BCUT2D eigenvalue weighted by Gasteiger charge is 2.35. The number of carbonyl (C=O) groups is 2. The van der Waals surface area contributed by atoms with Crippen LogP contribution in [0.2, 0.25) is 0 Å².